The molecule has 1 aliphatic rings. The lowest BCUT2D eigenvalue weighted by Crippen LogP contribution is -2.50. The van der Waals surface area contributed by atoms with Gasteiger partial charge in [-0.05, 0) is 18.6 Å². The molecule has 0 aliphatic carbocycles. The van der Waals surface area contributed by atoms with Gasteiger partial charge < -0.3 is 19.7 Å². The zero-order valence-electron chi connectivity index (χ0n) is 13.4. The fraction of sp³-hybridized carbons (Fsp3) is 0.562. The first-order valence-corrected chi connectivity index (χ1v) is 7.64. The Labute approximate surface area is 132 Å². The van der Waals surface area contributed by atoms with Crippen molar-refractivity contribution in [3.8, 4) is 5.75 Å². The molecule has 0 atom stereocenters. The van der Waals surface area contributed by atoms with Crippen LogP contribution in [0.3, 0.4) is 0 Å². The second kappa shape index (κ2) is 8.60. The Hall–Kier alpha value is -1.79. The van der Waals surface area contributed by atoms with Gasteiger partial charge in [0, 0.05) is 58.2 Å². The Bertz CT molecular complexity index is 473. The number of hydrogen-bond acceptors (Lipinski definition) is 4. The summed E-state index contributed by atoms with van der Waals surface area (Å²) >= 11 is 0. The van der Waals surface area contributed by atoms with E-state index in [0.29, 0.717) is 0 Å². The fourth-order valence-corrected chi connectivity index (χ4v) is 2.51. The monoisotopic (exact) mass is 307 g/mol. The van der Waals surface area contributed by atoms with E-state index >= 15 is 0 Å². The van der Waals surface area contributed by atoms with Gasteiger partial charge in [0.15, 0.2) is 0 Å². The zero-order chi connectivity index (χ0) is 15.8. The molecule has 6 nitrogen and oxygen atoms in total. The molecule has 1 N–H and O–H groups in total. The van der Waals surface area contributed by atoms with Crippen molar-refractivity contribution in [2.45, 2.75) is 6.42 Å². The lowest BCUT2D eigenvalue weighted by Gasteiger charge is -2.34. The van der Waals surface area contributed by atoms with Crippen LogP contribution in [0.5, 0.6) is 5.75 Å². The zero-order valence-corrected chi connectivity index (χ0v) is 13.4. The standard InChI is InChI=1S/C16H25N3O3/c1-21-12-4-7-18-8-10-19(11-9-18)16(20)17-14-5-3-6-15(13-14)22-2/h3,5-6,13H,4,7-12H2,1-2H3,(H,17,20). The number of carbonyl (C=O) groups excluding carboxylic acids is 1. The largest absolute Gasteiger partial charge is 0.497 e. The van der Waals surface area contributed by atoms with Crippen LogP contribution in [-0.2, 0) is 4.74 Å². The summed E-state index contributed by atoms with van der Waals surface area (Å²) in [4.78, 5) is 16.5. The fourth-order valence-electron chi connectivity index (χ4n) is 2.51. The molecule has 22 heavy (non-hydrogen) atoms. The van der Waals surface area contributed by atoms with Gasteiger partial charge in [-0.15, -0.1) is 0 Å². The molecule has 122 valence electrons. The van der Waals surface area contributed by atoms with Crippen LogP contribution in [0.25, 0.3) is 0 Å². The number of methoxy groups -OCH3 is 2. The Kier molecular flexibility index (Phi) is 6.48. The maximum atomic E-state index is 12.3. The van der Waals surface area contributed by atoms with Gasteiger partial charge in [-0.25, -0.2) is 4.79 Å². The van der Waals surface area contributed by atoms with E-state index < -0.39 is 0 Å². The predicted molar refractivity (Wildman–Crippen MR) is 86.5 cm³/mol. The van der Waals surface area contributed by atoms with Crippen LogP contribution in [-0.4, -0.2) is 69.4 Å². The quantitative estimate of drug-likeness (QED) is 0.815. The minimum absolute atomic E-state index is 0.0511. The number of nitrogens with zero attached hydrogens (tertiary/aromatic N) is 2. The molecule has 6 heteroatoms. The summed E-state index contributed by atoms with van der Waals surface area (Å²) < 4.78 is 10.2. The van der Waals surface area contributed by atoms with E-state index in [-0.39, 0.29) is 6.03 Å². The number of rotatable bonds is 6. The molecule has 0 unspecified atom stereocenters. The number of piperazine rings is 1. The first-order chi connectivity index (χ1) is 10.7. The van der Waals surface area contributed by atoms with Crippen LogP contribution in [0.15, 0.2) is 24.3 Å². The topological polar surface area (TPSA) is 54.0 Å². The molecule has 0 radical (unpaired) electrons. The molecule has 1 saturated heterocycles. The summed E-state index contributed by atoms with van der Waals surface area (Å²) in [5.41, 5.74) is 0.756. The Morgan fingerprint density at radius 1 is 1.23 bits per heavy atom. The Morgan fingerprint density at radius 3 is 2.68 bits per heavy atom. The van der Waals surface area contributed by atoms with Gasteiger partial charge in [0.25, 0.3) is 0 Å². The van der Waals surface area contributed by atoms with Gasteiger partial charge in [-0.1, -0.05) is 6.07 Å². The molecular formula is C16H25N3O3. The van der Waals surface area contributed by atoms with Crippen molar-refractivity contribution in [2.24, 2.45) is 0 Å². The van der Waals surface area contributed by atoms with Crippen LogP contribution in [0, 0.1) is 0 Å². The van der Waals surface area contributed by atoms with Gasteiger partial charge in [0.2, 0.25) is 0 Å². The van der Waals surface area contributed by atoms with E-state index in [1.54, 1.807) is 14.2 Å². The Balaban J connectivity index is 1.77. The molecule has 0 saturated carbocycles. The van der Waals surface area contributed by atoms with E-state index in [9.17, 15) is 4.79 Å². The van der Waals surface area contributed by atoms with Crippen molar-refractivity contribution < 1.29 is 14.3 Å². The average Bonchev–Trinajstić information content (AvgIpc) is 2.56. The van der Waals surface area contributed by atoms with Gasteiger partial charge in [-0.3, -0.25) is 4.90 Å². The van der Waals surface area contributed by atoms with E-state index in [1.807, 2.05) is 29.2 Å². The number of anilines is 1. The first-order valence-electron chi connectivity index (χ1n) is 7.64. The molecule has 1 aromatic carbocycles. The van der Waals surface area contributed by atoms with Gasteiger partial charge >= 0.3 is 6.03 Å². The Morgan fingerprint density at radius 2 is 2.00 bits per heavy atom. The van der Waals surface area contributed by atoms with E-state index in [2.05, 4.69) is 10.2 Å². The van der Waals surface area contributed by atoms with Gasteiger partial charge in [-0.2, -0.15) is 0 Å². The summed E-state index contributed by atoms with van der Waals surface area (Å²) in [6, 6.07) is 7.35. The van der Waals surface area contributed by atoms with Crippen LogP contribution >= 0.6 is 0 Å². The normalized spacial score (nSPS) is 15.6. The molecule has 2 rings (SSSR count). The number of hydrogen-bond donors (Lipinski definition) is 1. The van der Waals surface area contributed by atoms with Gasteiger partial charge in [0.1, 0.15) is 5.75 Å². The maximum Gasteiger partial charge on any atom is 0.321 e. The van der Waals surface area contributed by atoms with E-state index in [1.165, 1.54) is 0 Å². The van der Waals surface area contributed by atoms with Gasteiger partial charge in [0.05, 0.1) is 7.11 Å². The summed E-state index contributed by atoms with van der Waals surface area (Å²) in [7, 11) is 3.34. The molecule has 1 heterocycles. The molecule has 0 bridgehead atoms. The highest BCUT2D eigenvalue weighted by molar-refractivity contribution is 5.89. The van der Waals surface area contributed by atoms with Crippen LogP contribution in [0.1, 0.15) is 6.42 Å². The molecule has 1 aromatic rings. The van der Waals surface area contributed by atoms with Crippen molar-refractivity contribution in [3.05, 3.63) is 24.3 Å². The summed E-state index contributed by atoms with van der Waals surface area (Å²) in [6.07, 6.45) is 1.03. The van der Waals surface area contributed by atoms with Crippen molar-refractivity contribution in [1.82, 2.24) is 9.80 Å². The van der Waals surface area contributed by atoms with Crippen molar-refractivity contribution in [1.29, 1.82) is 0 Å². The summed E-state index contributed by atoms with van der Waals surface area (Å²) in [5, 5.41) is 2.92. The molecule has 2 amide bonds. The number of carbonyl (C=O) groups is 1. The number of urea groups is 1. The van der Waals surface area contributed by atoms with E-state index in [0.717, 1.165) is 57.2 Å². The number of nitrogens with one attached hydrogen (secondary N) is 1. The first kappa shape index (κ1) is 16.6. The van der Waals surface area contributed by atoms with Crippen molar-refractivity contribution in [3.63, 3.8) is 0 Å². The number of amides is 2. The van der Waals surface area contributed by atoms with Crippen molar-refractivity contribution in [2.75, 3.05) is 58.9 Å². The SMILES string of the molecule is COCCCN1CCN(C(=O)Nc2cccc(OC)c2)CC1. The lowest BCUT2D eigenvalue weighted by molar-refractivity contribution is 0.130. The summed E-state index contributed by atoms with van der Waals surface area (Å²) in [6.45, 7) is 5.14. The molecule has 1 fully saturated rings. The van der Waals surface area contributed by atoms with Crippen LogP contribution < -0.4 is 10.1 Å². The highest BCUT2D eigenvalue weighted by Gasteiger charge is 2.20. The number of benzene rings is 1. The second-order valence-corrected chi connectivity index (χ2v) is 5.34. The smallest absolute Gasteiger partial charge is 0.321 e. The van der Waals surface area contributed by atoms with E-state index in [4.69, 9.17) is 9.47 Å². The maximum absolute atomic E-state index is 12.3. The third-order valence-corrected chi connectivity index (χ3v) is 3.80. The highest BCUT2D eigenvalue weighted by Crippen LogP contribution is 2.17. The average molecular weight is 307 g/mol. The minimum Gasteiger partial charge on any atom is -0.497 e. The lowest BCUT2D eigenvalue weighted by atomic mass is 10.3. The summed E-state index contributed by atoms with van der Waals surface area (Å²) in [5.74, 6) is 0.737. The van der Waals surface area contributed by atoms with Crippen LogP contribution in [0.4, 0.5) is 10.5 Å². The van der Waals surface area contributed by atoms with Crippen molar-refractivity contribution >= 4 is 11.7 Å². The predicted octanol–water partition coefficient (Wildman–Crippen LogP) is 1.88. The van der Waals surface area contributed by atoms with Crippen LogP contribution in [0.2, 0.25) is 0 Å². The highest BCUT2D eigenvalue weighted by atomic mass is 16.5. The molecule has 0 aromatic heterocycles. The minimum atomic E-state index is -0.0511. The molecular weight excluding hydrogens is 282 g/mol. The molecule has 0 spiro atoms. The second-order valence-electron chi connectivity index (χ2n) is 5.34. The third-order valence-electron chi connectivity index (χ3n) is 3.80. The molecule has 1 aliphatic heterocycles. The third kappa shape index (κ3) is 4.89. The number of ether oxygens (including phenoxy) is 2.